The highest BCUT2D eigenvalue weighted by Gasteiger charge is 2.52. The largest absolute Gasteiger partial charge is 0.401 e. The van der Waals surface area contributed by atoms with E-state index in [0.717, 1.165) is 73.9 Å². The predicted octanol–water partition coefficient (Wildman–Crippen LogP) is 5.66. The van der Waals surface area contributed by atoms with Gasteiger partial charge in [-0.15, -0.1) is 0 Å². The number of piperidine rings is 1. The molecule has 0 radical (unpaired) electrons. The van der Waals surface area contributed by atoms with Gasteiger partial charge in [-0.3, -0.25) is 53.2 Å². The molecule has 0 spiro atoms. The summed E-state index contributed by atoms with van der Waals surface area (Å²) in [5, 5.41) is 11.0. The lowest BCUT2D eigenvalue weighted by molar-refractivity contribution is -0.144. The number of imide groups is 1. The highest BCUT2D eigenvalue weighted by atomic mass is 31.2. The van der Waals surface area contributed by atoms with Gasteiger partial charge in [-0.05, 0) is 99.5 Å². The SMILES string of the molecule is CN1CC[C@H]2CC[C@@H](C(=O)N[C@@H](CCC(N)=O)C(=O)N[C@@H](COCCCCCCCCCC#Cc3cccc4c3CN(C3CCC(=O)NC3=O)C4=O)c3ccccc3)N2C(=O)[C@@H](NC(=O)c2cc3cc(C(F)(F)P(=O)(O)O)ncc3n2Cc2ccccc2)C1. The number of rotatable bonds is 26. The number of ether oxygens (including phenoxy) is 1. The fourth-order valence-electron chi connectivity index (χ4n) is 12.1. The topological polar surface area (TPSA) is 305 Å². The van der Waals surface area contributed by atoms with E-state index >= 15 is 0 Å². The Morgan fingerprint density at radius 3 is 2.33 bits per heavy atom. The van der Waals surface area contributed by atoms with Crippen molar-refractivity contribution >= 4 is 65.8 Å². The summed E-state index contributed by atoms with van der Waals surface area (Å²) in [6, 6.07) is 20.3. The smallest absolute Gasteiger partial charge is 0.379 e. The standard InChI is InChI=1S/C64H75F2N10O12P/c1-73-32-31-45-25-27-52(76(45)63(84)49(39-73)70-61(82)53-34-44-35-55(64(65,66)89(85,86)87)68-36-54(44)74(53)37-41-18-11-9-12-19-41)60(81)69-48(26-29-56(67)77)58(79)71-50(43-21-14-10-15-22-43)40-88-33-16-8-6-4-2-3-5-7-13-20-42-23-17-24-46-47(42)38-75(62(46)83)51-28-30-57(78)72-59(51)80/h9-12,14-15,17-19,21-24,34-36,45,48-52H,2-8,16,25-33,37-40H2,1H3,(H2,67,77)(H,69,81)(H,70,82)(H,71,79)(H,72,78,80)(H2,85,86,87)/t45-,48+,49+,50+,51?,52+/m1/s1. The van der Waals surface area contributed by atoms with Crippen molar-refractivity contribution in [1.82, 2.24) is 45.5 Å². The highest BCUT2D eigenvalue weighted by molar-refractivity contribution is 7.52. The number of unbranched alkanes of at least 4 members (excludes halogenated alkanes) is 7. The first kappa shape index (κ1) is 65.3. The zero-order valence-corrected chi connectivity index (χ0v) is 50.4. The number of pyridine rings is 1. The summed E-state index contributed by atoms with van der Waals surface area (Å²) in [6.07, 6.45) is 9.69. The lowest BCUT2D eigenvalue weighted by Crippen LogP contribution is -2.61. The van der Waals surface area contributed by atoms with Crippen LogP contribution in [0.3, 0.4) is 0 Å². The van der Waals surface area contributed by atoms with Crippen molar-refractivity contribution in [3.63, 3.8) is 0 Å². The Balaban J connectivity index is 0.774. The molecule has 25 heteroatoms. The van der Waals surface area contributed by atoms with Crippen LogP contribution in [0.4, 0.5) is 8.78 Å². The predicted molar refractivity (Wildman–Crippen MR) is 323 cm³/mol. The van der Waals surface area contributed by atoms with E-state index in [4.69, 9.17) is 10.5 Å². The summed E-state index contributed by atoms with van der Waals surface area (Å²) in [6.45, 7) is 1.38. The number of nitrogens with two attached hydrogens (primary N) is 1. The number of benzene rings is 3. The van der Waals surface area contributed by atoms with E-state index in [-0.39, 0.29) is 80.3 Å². The molecule has 9 rings (SSSR count). The molecule has 6 atom stereocenters. The second-order valence-electron chi connectivity index (χ2n) is 23.3. The molecule has 6 heterocycles. The number of amides is 8. The van der Waals surface area contributed by atoms with Crippen LogP contribution in [0.5, 0.6) is 0 Å². The van der Waals surface area contributed by atoms with Gasteiger partial charge in [0.15, 0.2) is 0 Å². The van der Waals surface area contributed by atoms with E-state index in [9.17, 15) is 61.5 Å². The van der Waals surface area contributed by atoms with Crippen LogP contribution in [-0.4, -0.2) is 145 Å². The molecule has 1 unspecified atom stereocenters. The fraction of sp³-hybridized carbons (Fsp3) is 0.453. The van der Waals surface area contributed by atoms with Gasteiger partial charge in [0.05, 0.1) is 24.4 Å². The fourth-order valence-corrected chi connectivity index (χ4v) is 12.5. The quantitative estimate of drug-likeness (QED) is 0.0152. The van der Waals surface area contributed by atoms with Crippen molar-refractivity contribution in [3.05, 3.63) is 136 Å². The molecule has 22 nitrogen and oxygen atoms in total. The molecule has 0 aliphatic carbocycles. The number of nitrogens with zero attached hydrogens (tertiary/aromatic N) is 5. The molecule has 0 bridgehead atoms. The average Bonchev–Trinajstić information content (AvgIpc) is 1.84. The van der Waals surface area contributed by atoms with Crippen LogP contribution in [0, 0.1) is 11.8 Å². The molecule has 2 aromatic heterocycles. The summed E-state index contributed by atoms with van der Waals surface area (Å²) in [7, 11) is -4.20. The first-order valence-corrected chi connectivity index (χ1v) is 31.9. The van der Waals surface area contributed by atoms with Crippen molar-refractivity contribution in [3.8, 4) is 11.8 Å². The maximum Gasteiger partial charge on any atom is 0.401 e. The van der Waals surface area contributed by atoms with Gasteiger partial charge in [0.2, 0.25) is 35.4 Å². The van der Waals surface area contributed by atoms with Crippen LogP contribution in [0.25, 0.3) is 10.9 Å². The van der Waals surface area contributed by atoms with Gasteiger partial charge in [0.1, 0.15) is 35.6 Å². The zero-order valence-electron chi connectivity index (χ0n) is 49.5. The second-order valence-corrected chi connectivity index (χ2v) is 24.9. The van der Waals surface area contributed by atoms with Crippen LogP contribution in [0.15, 0.2) is 97.2 Å². The molecule has 8 amide bonds. The van der Waals surface area contributed by atoms with Gasteiger partial charge in [0.25, 0.3) is 11.8 Å². The summed E-state index contributed by atoms with van der Waals surface area (Å²) in [4.78, 5) is 135. The van der Waals surface area contributed by atoms with Gasteiger partial charge >= 0.3 is 13.3 Å². The van der Waals surface area contributed by atoms with Gasteiger partial charge < -0.3 is 55.5 Å². The Morgan fingerprint density at radius 2 is 1.61 bits per heavy atom. The summed E-state index contributed by atoms with van der Waals surface area (Å²) in [5.41, 5.74) is 3.47. The van der Waals surface area contributed by atoms with Gasteiger partial charge in [-0.2, -0.15) is 8.78 Å². The summed E-state index contributed by atoms with van der Waals surface area (Å²) in [5.74, 6) is 2.21. The van der Waals surface area contributed by atoms with Gasteiger partial charge in [0, 0.05) is 68.1 Å². The molecule has 3 fully saturated rings. The molecule has 3 aromatic carbocycles. The molecule has 89 heavy (non-hydrogen) atoms. The van der Waals surface area contributed by atoms with E-state index in [1.54, 1.807) is 49.5 Å². The Morgan fingerprint density at radius 1 is 0.888 bits per heavy atom. The van der Waals surface area contributed by atoms with Gasteiger partial charge in [-0.25, -0.2) is 0 Å². The molecule has 472 valence electrons. The minimum absolute atomic E-state index is 0.0237. The minimum Gasteiger partial charge on any atom is -0.379 e. The number of carbonyl (C=O) groups is 8. The number of carbonyl (C=O) groups excluding carboxylic acids is 8. The third-order valence-electron chi connectivity index (χ3n) is 16.9. The van der Waals surface area contributed by atoms with E-state index in [2.05, 4.69) is 38.1 Å². The average molecular weight is 1250 g/mol. The van der Waals surface area contributed by atoms with E-state index in [1.165, 1.54) is 20.4 Å². The molecule has 0 saturated carbocycles. The van der Waals surface area contributed by atoms with Crippen molar-refractivity contribution < 1.29 is 66.2 Å². The Kier molecular flexibility index (Phi) is 21.6. The lowest BCUT2D eigenvalue weighted by Gasteiger charge is -2.38. The zero-order chi connectivity index (χ0) is 63.4. The first-order chi connectivity index (χ1) is 42.7. The Hall–Kier alpha value is -8.20. The number of likely N-dealkylation sites (N-methyl/N-ethyl adjacent to an activating group) is 1. The van der Waals surface area contributed by atoms with Crippen LogP contribution >= 0.6 is 7.60 Å². The molecule has 5 aromatic rings. The number of fused-ring (bicyclic) bond motifs is 3. The number of hydrogen-bond acceptors (Lipinski definition) is 12. The maximum absolute atomic E-state index is 14.9. The number of primary amides is 1. The van der Waals surface area contributed by atoms with Crippen molar-refractivity contribution in [1.29, 1.82) is 0 Å². The lowest BCUT2D eigenvalue weighted by atomic mass is 10.0. The highest BCUT2D eigenvalue weighted by Crippen LogP contribution is 2.59. The number of hydrogen-bond donors (Lipinski definition) is 7. The Bertz CT molecular complexity index is 3560. The van der Waals surface area contributed by atoms with Crippen LogP contribution in [0.2, 0.25) is 0 Å². The van der Waals surface area contributed by atoms with E-state index in [0.29, 0.717) is 50.0 Å². The normalized spacial score (nSPS) is 19.5. The van der Waals surface area contributed by atoms with Crippen molar-refractivity contribution in [2.24, 2.45) is 5.73 Å². The van der Waals surface area contributed by atoms with Crippen LogP contribution in [-0.2, 0) is 56.8 Å². The third-order valence-corrected chi connectivity index (χ3v) is 17.9. The summed E-state index contributed by atoms with van der Waals surface area (Å²) >= 11 is 0. The maximum atomic E-state index is 14.9. The molecular weight excluding hydrogens is 1170 g/mol. The first-order valence-electron chi connectivity index (χ1n) is 30.2. The molecule has 3 saturated heterocycles. The minimum atomic E-state index is -5.99. The molecule has 4 aliphatic heterocycles. The van der Waals surface area contributed by atoms with Crippen molar-refractivity contribution in [2.45, 2.75) is 151 Å². The van der Waals surface area contributed by atoms with Crippen LogP contribution < -0.4 is 27.0 Å². The van der Waals surface area contributed by atoms with Gasteiger partial charge in [-0.1, -0.05) is 111 Å². The second kappa shape index (κ2) is 29.4. The van der Waals surface area contributed by atoms with Crippen molar-refractivity contribution in [2.75, 3.05) is 33.4 Å². The molecular formula is C64H75F2N10O12P. The van der Waals surface area contributed by atoms with Crippen LogP contribution in [0.1, 0.15) is 151 Å². The number of alkyl halides is 2. The third kappa shape index (κ3) is 16.0. The summed E-state index contributed by atoms with van der Waals surface area (Å²) < 4.78 is 49.3. The number of nitrogens with one attached hydrogen (secondary N) is 4. The molecule has 4 aliphatic rings. The van der Waals surface area contributed by atoms with E-state index < -0.39 is 90.6 Å². The number of halogens is 2. The monoisotopic (exact) mass is 1240 g/mol. The molecule has 8 N–H and O–H groups in total. The van der Waals surface area contributed by atoms with E-state index in [1.807, 2.05) is 41.3 Å². The number of aromatic nitrogens is 2. The Labute approximate surface area is 514 Å².